The molecule has 112 valence electrons. The van der Waals surface area contributed by atoms with Crippen molar-refractivity contribution in [1.82, 2.24) is 10.5 Å². The predicted molar refractivity (Wildman–Crippen MR) is 79.8 cm³/mol. The third-order valence-corrected chi connectivity index (χ3v) is 3.74. The molecule has 5 heteroatoms. The second-order valence-electron chi connectivity index (χ2n) is 5.39. The molecule has 0 radical (unpaired) electrons. The highest BCUT2D eigenvalue weighted by Crippen LogP contribution is 2.20. The van der Waals surface area contributed by atoms with Gasteiger partial charge in [-0.2, -0.15) is 0 Å². The van der Waals surface area contributed by atoms with Crippen LogP contribution in [0.5, 0.6) is 0 Å². The maximum absolute atomic E-state index is 11.2. The Labute approximate surface area is 124 Å². The second kappa shape index (κ2) is 6.10. The van der Waals surface area contributed by atoms with E-state index in [9.17, 15) is 9.90 Å². The van der Waals surface area contributed by atoms with Crippen molar-refractivity contribution in [3.63, 3.8) is 0 Å². The molecular weight excluding hydrogens is 268 g/mol. The Morgan fingerprint density at radius 1 is 1.38 bits per heavy atom. The van der Waals surface area contributed by atoms with Crippen molar-refractivity contribution in [3.8, 4) is 11.3 Å². The zero-order valence-corrected chi connectivity index (χ0v) is 12.5. The summed E-state index contributed by atoms with van der Waals surface area (Å²) in [6.45, 7) is 5.85. The number of aliphatic carboxylic acids is 1. The molecule has 1 heterocycles. The predicted octanol–water partition coefficient (Wildman–Crippen LogP) is 2.99. The first-order valence-electron chi connectivity index (χ1n) is 6.95. The average Bonchev–Trinajstić information content (AvgIpc) is 2.94. The lowest BCUT2D eigenvalue weighted by Crippen LogP contribution is -2.48. The normalized spacial score (nSPS) is 13.9. The molecule has 1 unspecified atom stereocenters. The van der Waals surface area contributed by atoms with Crippen molar-refractivity contribution in [2.75, 3.05) is 0 Å². The summed E-state index contributed by atoms with van der Waals surface area (Å²) in [6, 6.07) is 9.83. The number of nitrogens with zero attached hydrogens (tertiary/aromatic N) is 1. The number of benzene rings is 1. The molecular formula is C16H20N2O3. The number of hydrogen-bond donors (Lipinski definition) is 2. The highest BCUT2D eigenvalue weighted by molar-refractivity contribution is 5.78. The summed E-state index contributed by atoms with van der Waals surface area (Å²) in [5.74, 6) is -0.255. The van der Waals surface area contributed by atoms with E-state index >= 15 is 0 Å². The van der Waals surface area contributed by atoms with Gasteiger partial charge in [-0.1, -0.05) is 41.9 Å². The van der Waals surface area contributed by atoms with Gasteiger partial charge in [-0.15, -0.1) is 0 Å². The van der Waals surface area contributed by atoms with E-state index < -0.39 is 11.5 Å². The fraction of sp³-hybridized carbons (Fsp3) is 0.375. The summed E-state index contributed by atoms with van der Waals surface area (Å²) >= 11 is 0. The van der Waals surface area contributed by atoms with Gasteiger partial charge in [0, 0.05) is 11.6 Å². The van der Waals surface area contributed by atoms with E-state index in [4.69, 9.17) is 4.52 Å². The molecule has 1 aromatic heterocycles. The summed E-state index contributed by atoms with van der Waals surface area (Å²) in [6.07, 6.45) is 0.487. The first-order valence-corrected chi connectivity index (χ1v) is 6.95. The molecule has 0 amide bonds. The summed E-state index contributed by atoms with van der Waals surface area (Å²) in [4.78, 5) is 11.2. The van der Waals surface area contributed by atoms with Crippen molar-refractivity contribution >= 4 is 5.97 Å². The van der Waals surface area contributed by atoms with E-state index in [2.05, 4.69) is 10.5 Å². The fourth-order valence-electron chi connectivity index (χ4n) is 1.89. The molecule has 2 N–H and O–H groups in total. The highest BCUT2D eigenvalue weighted by Gasteiger charge is 2.30. The number of hydrogen-bond acceptors (Lipinski definition) is 4. The van der Waals surface area contributed by atoms with Crippen LogP contribution in [0.1, 0.15) is 31.6 Å². The Hall–Kier alpha value is -2.14. The lowest BCUT2D eigenvalue weighted by atomic mass is 9.99. The molecule has 0 fully saturated rings. The summed E-state index contributed by atoms with van der Waals surface area (Å²) in [5.41, 5.74) is 1.95. The number of aromatic nitrogens is 1. The van der Waals surface area contributed by atoms with Crippen LogP contribution in [0.2, 0.25) is 0 Å². The number of carboxylic acid groups (broad SMARTS) is 1. The molecule has 0 spiro atoms. The first kappa shape index (κ1) is 15.3. The van der Waals surface area contributed by atoms with Crippen LogP contribution in [-0.2, 0) is 11.3 Å². The second-order valence-corrected chi connectivity index (χ2v) is 5.39. The summed E-state index contributed by atoms with van der Waals surface area (Å²) in [5, 5.41) is 16.2. The van der Waals surface area contributed by atoms with Crippen molar-refractivity contribution in [3.05, 3.63) is 41.7 Å². The molecule has 5 nitrogen and oxygen atoms in total. The minimum atomic E-state index is -0.961. The van der Waals surface area contributed by atoms with Crippen LogP contribution in [0.25, 0.3) is 11.3 Å². The first-order chi connectivity index (χ1) is 9.94. The third kappa shape index (κ3) is 3.49. The van der Waals surface area contributed by atoms with Crippen molar-refractivity contribution in [2.24, 2.45) is 0 Å². The van der Waals surface area contributed by atoms with Crippen LogP contribution in [-0.4, -0.2) is 21.8 Å². The number of carbonyl (C=O) groups is 1. The van der Waals surface area contributed by atoms with Gasteiger partial charge in [-0.05, 0) is 20.3 Å². The Morgan fingerprint density at radius 2 is 2.05 bits per heavy atom. The molecule has 2 aromatic rings. The molecule has 2 rings (SSSR count). The van der Waals surface area contributed by atoms with E-state index in [0.717, 1.165) is 11.3 Å². The lowest BCUT2D eigenvalue weighted by Gasteiger charge is -2.23. The largest absolute Gasteiger partial charge is 0.480 e. The van der Waals surface area contributed by atoms with E-state index in [-0.39, 0.29) is 0 Å². The van der Waals surface area contributed by atoms with Gasteiger partial charge < -0.3 is 9.63 Å². The van der Waals surface area contributed by atoms with E-state index in [1.807, 2.05) is 44.2 Å². The summed E-state index contributed by atoms with van der Waals surface area (Å²) < 4.78 is 5.26. The Balaban J connectivity index is 2.07. The highest BCUT2D eigenvalue weighted by atomic mass is 16.5. The zero-order valence-electron chi connectivity index (χ0n) is 12.5. The number of rotatable bonds is 6. The average molecular weight is 288 g/mol. The van der Waals surface area contributed by atoms with Crippen molar-refractivity contribution in [1.29, 1.82) is 0 Å². The molecule has 0 saturated carbocycles. The smallest absolute Gasteiger partial charge is 0.323 e. The minimum absolute atomic E-state index is 0.329. The van der Waals surface area contributed by atoms with Crippen molar-refractivity contribution in [2.45, 2.75) is 39.3 Å². The van der Waals surface area contributed by atoms with Gasteiger partial charge in [0.2, 0.25) is 0 Å². The Morgan fingerprint density at radius 3 is 2.62 bits per heavy atom. The molecule has 1 atom stereocenters. The standard InChI is InChI=1S/C16H20N2O3/c1-4-16(3,15(19)20)17-10-13-9-14(18-21-13)12-7-5-11(2)6-8-12/h5-9,17H,4,10H2,1-3H3,(H,19,20). The molecule has 0 bridgehead atoms. The summed E-state index contributed by atoms with van der Waals surface area (Å²) in [7, 11) is 0. The molecule has 0 aliphatic carbocycles. The monoisotopic (exact) mass is 288 g/mol. The Bertz CT molecular complexity index is 619. The Kier molecular flexibility index (Phi) is 4.43. The maximum Gasteiger partial charge on any atom is 0.323 e. The van der Waals surface area contributed by atoms with Crippen LogP contribution in [0.3, 0.4) is 0 Å². The van der Waals surface area contributed by atoms with E-state index in [1.165, 1.54) is 5.56 Å². The SMILES string of the molecule is CCC(C)(NCc1cc(-c2ccc(C)cc2)no1)C(=O)O. The lowest BCUT2D eigenvalue weighted by molar-refractivity contribution is -0.144. The molecule has 1 aromatic carbocycles. The maximum atomic E-state index is 11.2. The molecule has 0 aliphatic heterocycles. The quantitative estimate of drug-likeness (QED) is 0.854. The van der Waals surface area contributed by atoms with Gasteiger partial charge in [-0.25, -0.2) is 0 Å². The van der Waals surface area contributed by atoms with Crippen LogP contribution in [0, 0.1) is 6.92 Å². The van der Waals surface area contributed by atoms with Gasteiger partial charge in [0.05, 0.1) is 6.54 Å². The number of nitrogens with one attached hydrogen (secondary N) is 1. The fourth-order valence-corrected chi connectivity index (χ4v) is 1.89. The van der Waals surface area contributed by atoms with Gasteiger partial charge >= 0.3 is 5.97 Å². The van der Waals surface area contributed by atoms with Crippen LogP contribution >= 0.6 is 0 Å². The topological polar surface area (TPSA) is 75.4 Å². The van der Waals surface area contributed by atoms with E-state index in [0.29, 0.717) is 18.7 Å². The van der Waals surface area contributed by atoms with Crippen LogP contribution < -0.4 is 5.32 Å². The number of aryl methyl sites for hydroxylation is 1. The minimum Gasteiger partial charge on any atom is -0.480 e. The molecule has 0 aliphatic rings. The zero-order chi connectivity index (χ0) is 15.5. The molecule has 21 heavy (non-hydrogen) atoms. The van der Waals surface area contributed by atoms with Crippen molar-refractivity contribution < 1.29 is 14.4 Å². The van der Waals surface area contributed by atoms with E-state index in [1.54, 1.807) is 6.92 Å². The number of carboxylic acids is 1. The van der Waals surface area contributed by atoms with Gasteiger partial charge in [0.15, 0.2) is 5.76 Å². The van der Waals surface area contributed by atoms with Crippen LogP contribution in [0.15, 0.2) is 34.9 Å². The van der Waals surface area contributed by atoms with Gasteiger partial charge in [-0.3, -0.25) is 10.1 Å². The van der Waals surface area contributed by atoms with Gasteiger partial charge in [0.1, 0.15) is 11.2 Å². The van der Waals surface area contributed by atoms with Gasteiger partial charge in [0.25, 0.3) is 0 Å². The molecule has 0 saturated heterocycles. The third-order valence-electron chi connectivity index (χ3n) is 3.74. The van der Waals surface area contributed by atoms with Crippen LogP contribution in [0.4, 0.5) is 0 Å².